The molecule has 0 radical (unpaired) electrons. The van der Waals surface area contributed by atoms with Crippen molar-refractivity contribution in [3.05, 3.63) is 16.1 Å². The zero-order valence-corrected chi connectivity index (χ0v) is 16.7. The van der Waals surface area contributed by atoms with Crippen LogP contribution >= 0.6 is 11.3 Å². The molecular formula is C19H32N4O2S. The number of piperidine rings is 1. The van der Waals surface area contributed by atoms with Crippen LogP contribution in [0.25, 0.3) is 0 Å². The predicted octanol–water partition coefficient (Wildman–Crippen LogP) is 1.35. The van der Waals surface area contributed by atoms with Crippen molar-refractivity contribution in [1.82, 2.24) is 19.7 Å². The fraction of sp³-hybridized carbons (Fsp3) is 0.842. The summed E-state index contributed by atoms with van der Waals surface area (Å²) in [6.45, 7) is 9.09. The van der Waals surface area contributed by atoms with Gasteiger partial charge in [-0.05, 0) is 32.7 Å². The molecule has 0 saturated carbocycles. The Balaban J connectivity index is 1.32. The molecule has 0 spiro atoms. The van der Waals surface area contributed by atoms with E-state index in [0.717, 1.165) is 95.4 Å². The van der Waals surface area contributed by atoms with Crippen LogP contribution in [-0.4, -0.2) is 90.4 Å². The molecule has 1 aromatic rings. The van der Waals surface area contributed by atoms with E-state index in [1.165, 1.54) is 0 Å². The number of likely N-dealkylation sites (N-methyl/N-ethyl adjacent to an activating group) is 1. The van der Waals surface area contributed by atoms with Gasteiger partial charge >= 0.3 is 0 Å². The van der Waals surface area contributed by atoms with Crippen molar-refractivity contribution in [2.75, 3.05) is 59.5 Å². The average Bonchev–Trinajstić information content (AvgIpc) is 3.14. The number of ether oxygens (including phenoxy) is 1. The minimum atomic E-state index is -0.738. The molecule has 3 aliphatic rings. The van der Waals surface area contributed by atoms with E-state index in [2.05, 4.69) is 27.1 Å². The third-order valence-electron chi connectivity index (χ3n) is 6.32. The number of thiazole rings is 1. The van der Waals surface area contributed by atoms with Gasteiger partial charge in [0.15, 0.2) is 0 Å². The molecule has 0 unspecified atom stereocenters. The quantitative estimate of drug-likeness (QED) is 0.851. The van der Waals surface area contributed by atoms with E-state index in [0.29, 0.717) is 6.04 Å². The van der Waals surface area contributed by atoms with Gasteiger partial charge in [-0.2, -0.15) is 0 Å². The Morgan fingerprint density at radius 1 is 1.15 bits per heavy atom. The summed E-state index contributed by atoms with van der Waals surface area (Å²) in [5, 5.41) is 14.4. The number of aliphatic hydroxyl groups is 1. The Bertz CT molecular complexity index is 574. The SMILES string of the molecule is CN1CCN(Cc2nc(C3(O)CCN(C4CCOCC4)CC3)cs2)CC1. The zero-order valence-electron chi connectivity index (χ0n) is 15.9. The fourth-order valence-corrected chi connectivity index (χ4v) is 5.29. The third kappa shape index (κ3) is 4.29. The monoisotopic (exact) mass is 380 g/mol. The van der Waals surface area contributed by atoms with Crippen LogP contribution in [0.3, 0.4) is 0 Å². The van der Waals surface area contributed by atoms with Gasteiger partial charge in [-0.3, -0.25) is 9.80 Å². The number of aromatic nitrogens is 1. The molecule has 7 heteroatoms. The van der Waals surface area contributed by atoms with Gasteiger partial charge < -0.3 is 14.7 Å². The maximum atomic E-state index is 11.2. The Morgan fingerprint density at radius 3 is 2.54 bits per heavy atom. The predicted molar refractivity (Wildman–Crippen MR) is 103 cm³/mol. The van der Waals surface area contributed by atoms with Crippen LogP contribution in [0.15, 0.2) is 5.38 Å². The highest BCUT2D eigenvalue weighted by Crippen LogP contribution is 2.35. The number of piperazine rings is 1. The summed E-state index contributed by atoms with van der Waals surface area (Å²) in [4.78, 5) is 12.2. The molecule has 0 aliphatic carbocycles. The summed E-state index contributed by atoms with van der Waals surface area (Å²) in [5.41, 5.74) is 0.164. The van der Waals surface area contributed by atoms with E-state index in [4.69, 9.17) is 9.72 Å². The average molecular weight is 381 g/mol. The topological polar surface area (TPSA) is 52.1 Å². The van der Waals surface area contributed by atoms with Crippen LogP contribution in [0.1, 0.15) is 36.4 Å². The van der Waals surface area contributed by atoms with Crippen molar-refractivity contribution in [2.45, 2.75) is 43.9 Å². The first-order chi connectivity index (χ1) is 12.6. The summed E-state index contributed by atoms with van der Waals surface area (Å²) in [6.07, 6.45) is 3.85. The summed E-state index contributed by atoms with van der Waals surface area (Å²) in [5.74, 6) is 0. The zero-order chi connectivity index (χ0) is 18.0. The van der Waals surface area contributed by atoms with Gasteiger partial charge in [-0.15, -0.1) is 11.3 Å². The molecular weight excluding hydrogens is 348 g/mol. The number of hydrogen-bond acceptors (Lipinski definition) is 7. The van der Waals surface area contributed by atoms with Crippen LogP contribution < -0.4 is 0 Å². The summed E-state index contributed by atoms with van der Waals surface area (Å²) < 4.78 is 5.48. The second-order valence-electron chi connectivity index (χ2n) is 8.12. The molecule has 3 saturated heterocycles. The molecule has 0 amide bonds. The lowest BCUT2D eigenvalue weighted by atomic mass is 9.87. The van der Waals surface area contributed by atoms with Crippen LogP contribution in [0.4, 0.5) is 0 Å². The Hall–Kier alpha value is -0.570. The van der Waals surface area contributed by atoms with Crippen LogP contribution in [0, 0.1) is 0 Å². The Morgan fingerprint density at radius 2 is 1.85 bits per heavy atom. The number of likely N-dealkylation sites (tertiary alicyclic amines) is 1. The van der Waals surface area contributed by atoms with Gasteiger partial charge in [0.1, 0.15) is 10.6 Å². The second-order valence-corrected chi connectivity index (χ2v) is 9.06. The molecule has 0 atom stereocenters. The number of hydrogen-bond donors (Lipinski definition) is 1. The van der Waals surface area contributed by atoms with Crippen molar-refractivity contribution >= 4 is 11.3 Å². The van der Waals surface area contributed by atoms with Gasteiger partial charge in [0.25, 0.3) is 0 Å². The fourth-order valence-electron chi connectivity index (χ4n) is 4.36. The van der Waals surface area contributed by atoms with Crippen LogP contribution in [0.5, 0.6) is 0 Å². The summed E-state index contributed by atoms with van der Waals surface area (Å²) in [6, 6.07) is 0.636. The van der Waals surface area contributed by atoms with Gasteiger partial charge in [0, 0.05) is 63.9 Å². The van der Waals surface area contributed by atoms with E-state index in [1.807, 2.05) is 0 Å². The molecule has 3 aliphatic heterocycles. The Kier molecular flexibility index (Phi) is 5.93. The second kappa shape index (κ2) is 8.20. The van der Waals surface area contributed by atoms with Crippen LogP contribution in [-0.2, 0) is 16.9 Å². The molecule has 4 heterocycles. The molecule has 0 bridgehead atoms. The minimum Gasteiger partial charge on any atom is -0.383 e. The van der Waals surface area contributed by atoms with Crippen molar-refractivity contribution in [1.29, 1.82) is 0 Å². The van der Waals surface area contributed by atoms with E-state index < -0.39 is 5.60 Å². The van der Waals surface area contributed by atoms with Gasteiger partial charge in [0.05, 0.1) is 12.2 Å². The first-order valence-electron chi connectivity index (χ1n) is 10.0. The molecule has 1 aromatic heterocycles. The van der Waals surface area contributed by atoms with Crippen LogP contribution in [0.2, 0.25) is 0 Å². The van der Waals surface area contributed by atoms with Crippen molar-refractivity contribution in [2.24, 2.45) is 0 Å². The maximum absolute atomic E-state index is 11.2. The first kappa shape index (κ1) is 18.8. The van der Waals surface area contributed by atoms with Gasteiger partial charge in [-0.25, -0.2) is 4.98 Å². The highest BCUT2D eigenvalue weighted by molar-refractivity contribution is 7.09. The smallest absolute Gasteiger partial charge is 0.110 e. The van der Waals surface area contributed by atoms with Crippen molar-refractivity contribution in [3.8, 4) is 0 Å². The molecule has 0 aromatic carbocycles. The van der Waals surface area contributed by atoms with Crippen molar-refractivity contribution in [3.63, 3.8) is 0 Å². The largest absolute Gasteiger partial charge is 0.383 e. The lowest BCUT2D eigenvalue weighted by Gasteiger charge is -2.42. The standard InChI is InChI=1S/C19H32N4O2S/c1-21-8-10-22(11-9-21)14-18-20-17(15-26-18)19(24)4-6-23(7-5-19)16-2-12-25-13-3-16/h15-16,24H,2-14H2,1H3. The summed E-state index contributed by atoms with van der Waals surface area (Å²) in [7, 11) is 2.18. The molecule has 1 N–H and O–H groups in total. The van der Waals surface area contributed by atoms with E-state index in [1.54, 1.807) is 11.3 Å². The molecule has 146 valence electrons. The number of rotatable bonds is 4. The van der Waals surface area contributed by atoms with E-state index in [9.17, 15) is 5.11 Å². The third-order valence-corrected chi connectivity index (χ3v) is 7.15. The molecule has 4 rings (SSSR count). The molecule has 6 nitrogen and oxygen atoms in total. The lowest BCUT2D eigenvalue weighted by molar-refractivity contribution is -0.0525. The molecule has 26 heavy (non-hydrogen) atoms. The number of nitrogens with zero attached hydrogens (tertiary/aromatic N) is 4. The highest BCUT2D eigenvalue weighted by atomic mass is 32.1. The Labute approximate surface area is 160 Å². The van der Waals surface area contributed by atoms with Gasteiger partial charge in [0.2, 0.25) is 0 Å². The normalized spacial score (nSPS) is 27.0. The maximum Gasteiger partial charge on any atom is 0.110 e. The van der Waals surface area contributed by atoms with E-state index >= 15 is 0 Å². The lowest BCUT2D eigenvalue weighted by Crippen LogP contribution is -2.48. The first-order valence-corrected chi connectivity index (χ1v) is 10.9. The van der Waals surface area contributed by atoms with E-state index in [-0.39, 0.29) is 0 Å². The molecule has 3 fully saturated rings. The summed E-state index contributed by atoms with van der Waals surface area (Å²) >= 11 is 1.71. The van der Waals surface area contributed by atoms with Crippen molar-refractivity contribution < 1.29 is 9.84 Å². The highest BCUT2D eigenvalue weighted by Gasteiger charge is 2.38. The minimum absolute atomic E-state index is 0.636. The van der Waals surface area contributed by atoms with Gasteiger partial charge in [-0.1, -0.05) is 0 Å².